The van der Waals surface area contributed by atoms with E-state index >= 15 is 0 Å². The number of rotatable bonds is 5. The van der Waals surface area contributed by atoms with Crippen LogP contribution in [0.25, 0.3) is 0 Å². The summed E-state index contributed by atoms with van der Waals surface area (Å²) in [4.78, 5) is 13.8. The number of nitrogens with zero attached hydrogens (tertiary/aromatic N) is 4. The van der Waals surface area contributed by atoms with E-state index in [9.17, 15) is 0 Å². The topological polar surface area (TPSA) is 58.3 Å². The molecule has 5 nitrogen and oxygen atoms in total. The zero-order valence-electron chi connectivity index (χ0n) is 13.9. The van der Waals surface area contributed by atoms with Crippen molar-refractivity contribution in [1.29, 1.82) is 0 Å². The van der Waals surface area contributed by atoms with E-state index in [0.29, 0.717) is 5.92 Å². The molecule has 1 aromatic heterocycles. The molecule has 1 atom stereocenters. The molecule has 0 radical (unpaired) electrons. The molecular weight excluding hydrogens is 286 g/mol. The first-order chi connectivity index (χ1) is 11.2. The van der Waals surface area contributed by atoms with Gasteiger partial charge in [0.15, 0.2) is 0 Å². The van der Waals surface area contributed by atoms with Crippen LogP contribution in [-0.2, 0) is 0 Å². The van der Waals surface area contributed by atoms with E-state index in [2.05, 4.69) is 28.1 Å². The molecule has 122 valence electrons. The molecule has 0 amide bonds. The van der Waals surface area contributed by atoms with E-state index < -0.39 is 0 Å². The molecule has 0 bridgehead atoms. The molecule has 1 saturated heterocycles. The van der Waals surface area contributed by atoms with E-state index in [1.54, 1.807) is 0 Å². The molecule has 1 unspecified atom stereocenters. The molecule has 0 aliphatic carbocycles. The van der Waals surface area contributed by atoms with Gasteiger partial charge < -0.3 is 15.5 Å². The fourth-order valence-electron chi connectivity index (χ4n) is 3.13. The number of aromatic nitrogens is 2. The number of nitrogens with two attached hydrogens (primary N) is 1. The van der Waals surface area contributed by atoms with Gasteiger partial charge in [-0.2, -0.15) is 4.98 Å². The summed E-state index contributed by atoms with van der Waals surface area (Å²) in [5, 5.41) is 0. The van der Waals surface area contributed by atoms with Gasteiger partial charge in [-0.05, 0) is 44.4 Å². The van der Waals surface area contributed by atoms with Crippen LogP contribution in [0.3, 0.4) is 0 Å². The highest BCUT2D eigenvalue weighted by atomic mass is 15.3. The van der Waals surface area contributed by atoms with Crippen molar-refractivity contribution in [3.8, 4) is 0 Å². The molecule has 2 N–H and O–H groups in total. The summed E-state index contributed by atoms with van der Waals surface area (Å²) in [6, 6.07) is 12.3. The third-order valence-electron chi connectivity index (χ3n) is 4.46. The first-order valence-electron chi connectivity index (χ1n) is 8.27. The second-order valence-corrected chi connectivity index (χ2v) is 6.24. The van der Waals surface area contributed by atoms with Gasteiger partial charge in [0, 0.05) is 37.6 Å². The zero-order chi connectivity index (χ0) is 16.2. The van der Waals surface area contributed by atoms with Crippen molar-refractivity contribution < 1.29 is 0 Å². The number of anilines is 3. The molecule has 1 aliphatic heterocycles. The summed E-state index contributed by atoms with van der Waals surface area (Å²) in [5.74, 6) is 2.45. The van der Waals surface area contributed by atoms with Crippen molar-refractivity contribution in [2.45, 2.75) is 19.8 Å². The lowest BCUT2D eigenvalue weighted by molar-refractivity contribution is 0.546. The van der Waals surface area contributed by atoms with Gasteiger partial charge in [0.25, 0.3) is 0 Å². The van der Waals surface area contributed by atoms with Gasteiger partial charge in [-0.25, -0.2) is 4.98 Å². The van der Waals surface area contributed by atoms with Crippen molar-refractivity contribution in [2.24, 2.45) is 11.7 Å². The first kappa shape index (κ1) is 15.7. The lowest BCUT2D eigenvalue weighted by atomic mass is 10.1. The molecule has 2 heterocycles. The lowest BCUT2D eigenvalue weighted by Crippen LogP contribution is -2.23. The van der Waals surface area contributed by atoms with Crippen molar-refractivity contribution >= 4 is 17.5 Å². The Hall–Kier alpha value is -2.14. The van der Waals surface area contributed by atoms with Gasteiger partial charge in [0.1, 0.15) is 5.82 Å². The van der Waals surface area contributed by atoms with Crippen molar-refractivity contribution in [2.75, 3.05) is 36.5 Å². The summed E-state index contributed by atoms with van der Waals surface area (Å²) in [6.45, 7) is 4.89. The first-order valence-corrected chi connectivity index (χ1v) is 8.27. The van der Waals surface area contributed by atoms with Crippen molar-refractivity contribution in [1.82, 2.24) is 9.97 Å². The Morgan fingerprint density at radius 3 is 2.78 bits per heavy atom. The average Bonchev–Trinajstić information content (AvgIpc) is 3.03. The average molecular weight is 311 g/mol. The normalized spacial score (nSPS) is 17.5. The number of hydrogen-bond donors (Lipinski definition) is 1. The molecule has 1 aromatic carbocycles. The minimum atomic E-state index is 0.686. The Balaban J connectivity index is 1.82. The predicted molar refractivity (Wildman–Crippen MR) is 95.3 cm³/mol. The minimum Gasteiger partial charge on any atom is -0.356 e. The Morgan fingerprint density at radius 1 is 1.26 bits per heavy atom. The molecule has 0 spiro atoms. The molecular formula is C18H25N5. The largest absolute Gasteiger partial charge is 0.356 e. The quantitative estimate of drug-likeness (QED) is 0.920. The van der Waals surface area contributed by atoms with Crippen LogP contribution < -0.4 is 15.5 Å². The molecule has 3 rings (SSSR count). The highest BCUT2D eigenvalue weighted by Gasteiger charge is 2.23. The van der Waals surface area contributed by atoms with E-state index in [1.165, 1.54) is 6.42 Å². The summed E-state index contributed by atoms with van der Waals surface area (Å²) < 4.78 is 0. The summed E-state index contributed by atoms with van der Waals surface area (Å²) >= 11 is 0. The van der Waals surface area contributed by atoms with Crippen LogP contribution in [0, 0.1) is 12.8 Å². The van der Waals surface area contributed by atoms with Gasteiger partial charge in [0.05, 0.1) is 0 Å². The molecule has 23 heavy (non-hydrogen) atoms. The maximum Gasteiger partial charge on any atom is 0.231 e. The monoisotopic (exact) mass is 311 g/mol. The van der Waals surface area contributed by atoms with Gasteiger partial charge >= 0.3 is 0 Å². The van der Waals surface area contributed by atoms with Crippen LogP contribution in [0.2, 0.25) is 0 Å². The maximum atomic E-state index is 5.69. The van der Waals surface area contributed by atoms with E-state index in [1.807, 2.05) is 37.1 Å². The van der Waals surface area contributed by atoms with E-state index in [0.717, 1.165) is 49.2 Å². The number of para-hydroxylation sites is 1. The smallest absolute Gasteiger partial charge is 0.231 e. The standard InChI is InChI=1S/C18H25N5/c1-14-12-17(23-11-9-15(13-23)8-10-19)21-18(20-14)22(2)16-6-4-3-5-7-16/h3-7,12,15H,8-11,13,19H2,1-2H3. The molecule has 0 saturated carbocycles. The molecule has 1 aliphatic rings. The van der Waals surface area contributed by atoms with E-state index in [4.69, 9.17) is 10.7 Å². The van der Waals surface area contributed by atoms with Crippen LogP contribution in [-0.4, -0.2) is 36.6 Å². The summed E-state index contributed by atoms with van der Waals surface area (Å²) in [5.41, 5.74) is 7.78. The number of aryl methyl sites for hydroxylation is 1. The lowest BCUT2D eigenvalue weighted by Gasteiger charge is -2.22. The maximum absolute atomic E-state index is 5.69. The van der Waals surface area contributed by atoms with Crippen molar-refractivity contribution in [3.05, 3.63) is 42.1 Å². The summed E-state index contributed by atoms with van der Waals surface area (Å²) in [7, 11) is 2.01. The van der Waals surface area contributed by atoms with Crippen molar-refractivity contribution in [3.63, 3.8) is 0 Å². The van der Waals surface area contributed by atoms with Crippen LogP contribution in [0.1, 0.15) is 18.5 Å². The zero-order valence-corrected chi connectivity index (χ0v) is 13.9. The minimum absolute atomic E-state index is 0.686. The third kappa shape index (κ3) is 3.62. The highest BCUT2D eigenvalue weighted by Crippen LogP contribution is 2.27. The van der Waals surface area contributed by atoms with Crippen LogP contribution in [0.15, 0.2) is 36.4 Å². The Morgan fingerprint density at radius 2 is 2.04 bits per heavy atom. The number of benzene rings is 1. The molecule has 5 heteroatoms. The fourth-order valence-corrected chi connectivity index (χ4v) is 3.13. The predicted octanol–water partition coefficient (Wildman–Crippen LogP) is 2.73. The summed E-state index contributed by atoms with van der Waals surface area (Å²) in [6.07, 6.45) is 2.29. The molecule has 2 aromatic rings. The van der Waals surface area contributed by atoms with Gasteiger partial charge in [-0.1, -0.05) is 18.2 Å². The SMILES string of the molecule is Cc1cc(N2CCC(CCN)C2)nc(N(C)c2ccccc2)n1. The second-order valence-electron chi connectivity index (χ2n) is 6.24. The van der Waals surface area contributed by atoms with Gasteiger partial charge in [0.2, 0.25) is 5.95 Å². The van der Waals surface area contributed by atoms with Gasteiger partial charge in [-0.3, -0.25) is 0 Å². The Kier molecular flexibility index (Phi) is 4.76. The van der Waals surface area contributed by atoms with Gasteiger partial charge in [-0.15, -0.1) is 0 Å². The third-order valence-corrected chi connectivity index (χ3v) is 4.46. The van der Waals surface area contributed by atoms with Crippen LogP contribution in [0.4, 0.5) is 17.5 Å². The highest BCUT2D eigenvalue weighted by molar-refractivity contribution is 5.58. The van der Waals surface area contributed by atoms with E-state index in [-0.39, 0.29) is 0 Å². The van der Waals surface area contributed by atoms with Crippen LogP contribution in [0.5, 0.6) is 0 Å². The second kappa shape index (κ2) is 6.96. The Bertz CT molecular complexity index is 643. The molecule has 1 fully saturated rings. The number of hydrogen-bond acceptors (Lipinski definition) is 5. The fraction of sp³-hybridized carbons (Fsp3) is 0.444. The van der Waals surface area contributed by atoms with Crippen LogP contribution >= 0.6 is 0 Å². The Labute approximate surface area is 138 Å².